The fourth-order valence-electron chi connectivity index (χ4n) is 6.05. The molecule has 1 atom stereocenters. The maximum Gasteiger partial charge on any atom is 0.283 e. The summed E-state index contributed by atoms with van der Waals surface area (Å²) in [7, 11) is 0. The number of nitrogens with zero attached hydrogens (tertiary/aromatic N) is 6. The summed E-state index contributed by atoms with van der Waals surface area (Å²) < 4.78 is 41.4. The number of hydrogen-bond acceptors (Lipinski definition) is 8. The summed E-state index contributed by atoms with van der Waals surface area (Å²) in [5, 5.41) is 21.1. The van der Waals surface area contributed by atoms with E-state index in [1.165, 1.54) is 35.4 Å². The zero-order valence-corrected chi connectivity index (χ0v) is 25.0. The van der Waals surface area contributed by atoms with Crippen LogP contribution in [0.2, 0.25) is 5.02 Å². The lowest BCUT2D eigenvalue weighted by atomic mass is 9.99. The monoisotopic (exact) mass is 635 g/mol. The van der Waals surface area contributed by atoms with E-state index in [4.69, 9.17) is 15.7 Å². The summed E-state index contributed by atoms with van der Waals surface area (Å²) in [5.74, 6) is -3.04. The zero-order chi connectivity index (χ0) is 34.8. The molecule has 2 aliphatic heterocycles. The van der Waals surface area contributed by atoms with Crippen molar-refractivity contribution in [2.45, 2.75) is 32.4 Å². The summed E-state index contributed by atoms with van der Waals surface area (Å²) >= 11 is 6.76. The van der Waals surface area contributed by atoms with Crippen LogP contribution in [-0.4, -0.2) is 74.1 Å². The molecule has 0 radical (unpaired) electrons. The van der Waals surface area contributed by atoms with Crippen molar-refractivity contribution in [1.29, 1.82) is 0 Å². The Balaban J connectivity index is 1.81. The molecule has 0 saturated carbocycles. The van der Waals surface area contributed by atoms with E-state index in [2.05, 4.69) is 16.5 Å². The minimum absolute atomic E-state index is 0.0237. The first kappa shape index (κ1) is 26.6. The highest BCUT2D eigenvalue weighted by Crippen LogP contribution is 2.44. The number of anilines is 2. The molecule has 13 heteroatoms. The van der Waals surface area contributed by atoms with Gasteiger partial charge in [0.15, 0.2) is 5.65 Å². The molecule has 4 aromatic rings. The number of pyridine rings is 3. The minimum atomic E-state index is -3.15. The van der Waals surface area contributed by atoms with Gasteiger partial charge in [-0.15, -0.1) is 0 Å². The molecule has 0 unspecified atom stereocenters. The molecule has 2 N–H and O–H groups in total. The molecule has 1 fully saturated rings. The Labute approximate surface area is 266 Å². The lowest BCUT2D eigenvalue weighted by molar-refractivity contribution is -0.128. The van der Waals surface area contributed by atoms with Crippen LogP contribution < -0.4 is 15.4 Å². The van der Waals surface area contributed by atoms with E-state index in [1.54, 1.807) is 18.7 Å². The molecule has 0 spiro atoms. The Hall–Kier alpha value is -4.81. The number of hydrogen-bond donors (Lipinski definition) is 2. The van der Waals surface area contributed by atoms with Crippen molar-refractivity contribution >= 4 is 45.8 Å². The highest BCUT2D eigenvalue weighted by Gasteiger charge is 2.44. The van der Waals surface area contributed by atoms with Gasteiger partial charge in [-0.1, -0.05) is 38.1 Å². The van der Waals surface area contributed by atoms with Crippen LogP contribution in [0, 0.1) is 5.82 Å². The Morgan fingerprint density at radius 3 is 2.69 bits per heavy atom. The Morgan fingerprint density at radius 1 is 1.24 bits per heavy atom. The Kier molecular flexibility index (Phi) is 6.66. The van der Waals surface area contributed by atoms with E-state index in [9.17, 15) is 24.6 Å². The van der Waals surface area contributed by atoms with Gasteiger partial charge in [0, 0.05) is 41.3 Å². The predicted molar refractivity (Wildman–Crippen MR) is 169 cm³/mol. The van der Waals surface area contributed by atoms with Crippen LogP contribution >= 0.6 is 11.6 Å². The number of benzene rings is 1. The van der Waals surface area contributed by atoms with Crippen LogP contribution in [0.1, 0.15) is 35.1 Å². The van der Waals surface area contributed by atoms with Crippen LogP contribution in [0.3, 0.4) is 0 Å². The predicted octanol–water partition coefficient (Wildman–Crippen LogP) is 3.74. The number of carbonyl (C=O) groups is 2. The maximum absolute atomic E-state index is 15.2. The van der Waals surface area contributed by atoms with Crippen LogP contribution in [0.4, 0.5) is 15.8 Å². The largest absolute Gasteiger partial charge is 0.507 e. The molecule has 5 heterocycles. The number of aromatic nitrogens is 3. The average Bonchev–Trinajstić information content (AvgIpc) is 3.04. The van der Waals surface area contributed by atoms with Gasteiger partial charge in [-0.3, -0.25) is 23.9 Å². The number of amides is 2. The molecule has 2 aliphatic rings. The normalized spacial score (nSPS) is 17.6. The quantitative estimate of drug-likeness (QED) is 0.317. The summed E-state index contributed by atoms with van der Waals surface area (Å²) in [4.78, 5) is 54.1. The highest BCUT2D eigenvalue weighted by molar-refractivity contribution is 6.34. The number of halogens is 2. The van der Waals surface area contributed by atoms with Crippen LogP contribution in [0.15, 0.2) is 54.0 Å². The van der Waals surface area contributed by atoms with Gasteiger partial charge in [-0.25, -0.2) is 9.37 Å². The number of phenols is 1. The first-order chi connectivity index (χ1) is 22.7. The molecule has 11 nitrogen and oxygen atoms in total. The van der Waals surface area contributed by atoms with E-state index in [0.29, 0.717) is 10.6 Å². The molecule has 1 saturated heterocycles. The molecule has 1 aromatic carbocycles. The second kappa shape index (κ2) is 11.3. The molecule has 0 aliphatic carbocycles. The van der Waals surface area contributed by atoms with Crippen molar-refractivity contribution < 1.29 is 28.3 Å². The SMILES string of the molecule is [2H]C([2H])([2H])N1C(=O)[C@H]2CN(C(=O)C=C)CCN2c2c1c(=O)n(-c1c(CO)ccnc1C(C)C)c1nc(-c3c(O)cccc3F)c(Cl)cc21. The lowest BCUT2D eigenvalue weighted by Crippen LogP contribution is -2.63. The van der Waals surface area contributed by atoms with E-state index in [1.807, 2.05) is 0 Å². The first-order valence-corrected chi connectivity index (χ1v) is 14.5. The van der Waals surface area contributed by atoms with Gasteiger partial charge in [0.25, 0.3) is 11.5 Å². The standard InChI is InChI=1S/C32H30ClFN6O5/c1-5-23(43)38-11-12-39-21(14-38)31(44)37(4)29-28(39)18-13-19(33)26(24-20(34)7-6-8-22(24)42)36-30(18)40(32(29)45)27-17(15-41)9-10-35-25(27)16(2)3/h5-10,13,16,21,41-42H,1,11-12,14-15H2,2-4H3/t21-/m1/s1/i4D3. The number of aromatic hydroxyl groups is 1. The zero-order valence-electron chi connectivity index (χ0n) is 27.3. The van der Waals surface area contributed by atoms with Gasteiger partial charge in [0.05, 0.1) is 46.5 Å². The van der Waals surface area contributed by atoms with Crippen LogP contribution in [-0.2, 0) is 16.2 Å². The number of carbonyl (C=O) groups excluding carboxylic acids is 2. The number of aliphatic hydroxyl groups is 1. The average molecular weight is 636 g/mol. The van der Waals surface area contributed by atoms with Gasteiger partial charge in [0.2, 0.25) is 5.91 Å². The van der Waals surface area contributed by atoms with Gasteiger partial charge in [-0.05, 0) is 36.3 Å². The fraction of sp³-hybridized carbons (Fsp3) is 0.281. The summed E-state index contributed by atoms with van der Waals surface area (Å²) in [6.07, 6.45) is 2.55. The lowest BCUT2D eigenvalue weighted by Gasteiger charge is -2.47. The van der Waals surface area contributed by atoms with Crippen molar-refractivity contribution in [3.05, 3.63) is 81.6 Å². The molecular formula is C32H30ClFN6O5. The third-order valence-corrected chi connectivity index (χ3v) is 8.43. The minimum Gasteiger partial charge on any atom is -0.507 e. The molecule has 6 rings (SSSR count). The first-order valence-electron chi connectivity index (χ1n) is 15.6. The third-order valence-electron chi connectivity index (χ3n) is 8.14. The van der Waals surface area contributed by atoms with Crippen molar-refractivity contribution in [2.24, 2.45) is 0 Å². The number of phenolic OH excluding ortho intramolecular Hbond substituents is 1. The second-order valence-corrected chi connectivity index (χ2v) is 11.5. The smallest absolute Gasteiger partial charge is 0.283 e. The molecule has 2 amide bonds. The van der Waals surface area contributed by atoms with E-state index >= 15 is 4.39 Å². The number of piperazine rings is 1. The Morgan fingerprint density at radius 2 is 2.02 bits per heavy atom. The van der Waals surface area contributed by atoms with Crippen molar-refractivity contribution in [2.75, 3.05) is 36.4 Å². The van der Waals surface area contributed by atoms with E-state index in [0.717, 1.165) is 16.7 Å². The van der Waals surface area contributed by atoms with Crippen LogP contribution in [0.25, 0.3) is 28.0 Å². The number of rotatable bonds is 5. The van der Waals surface area contributed by atoms with Gasteiger partial charge in [-0.2, -0.15) is 0 Å². The van der Waals surface area contributed by atoms with Crippen molar-refractivity contribution in [1.82, 2.24) is 19.4 Å². The molecule has 45 heavy (non-hydrogen) atoms. The van der Waals surface area contributed by atoms with Gasteiger partial charge >= 0.3 is 0 Å². The number of aliphatic hydroxyl groups excluding tert-OH is 1. The number of fused-ring (bicyclic) bond motifs is 5. The molecule has 232 valence electrons. The van der Waals surface area contributed by atoms with Crippen LogP contribution in [0.5, 0.6) is 5.75 Å². The summed E-state index contributed by atoms with van der Waals surface area (Å²) in [6.45, 7) is 3.34. The van der Waals surface area contributed by atoms with Gasteiger partial charge in [0.1, 0.15) is 23.3 Å². The highest BCUT2D eigenvalue weighted by atomic mass is 35.5. The van der Waals surface area contributed by atoms with Crippen molar-refractivity contribution in [3.63, 3.8) is 0 Å². The van der Waals surface area contributed by atoms with Crippen molar-refractivity contribution in [3.8, 4) is 22.7 Å². The van der Waals surface area contributed by atoms with E-state index < -0.39 is 54.3 Å². The number of likely N-dealkylation sites (N-methyl/N-ethyl adjacent to an activating group) is 1. The maximum atomic E-state index is 15.2. The molecule has 3 aromatic heterocycles. The summed E-state index contributed by atoms with van der Waals surface area (Å²) in [5.41, 5.74) is -1.46. The topological polar surface area (TPSA) is 132 Å². The molecule has 0 bridgehead atoms. The molecular weight excluding hydrogens is 603 g/mol. The second-order valence-electron chi connectivity index (χ2n) is 11.0. The van der Waals surface area contributed by atoms with Gasteiger partial charge < -0.3 is 24.9 Å². The Bertz CT molecular complexity index is 2070. The fourth-order valence-corrected chi connectivity index (χ4v) is 6.29. The summed E-state index contributed by atoms with van der Waals surface area (Å²) in [6, 6.07) is 5.29. The van der Waals surface area contributed by atoms with E-state index in [-0.39, 0.29) is 69.8 Å². The third kappa shape index (κ3) is 4.63.